The fourth-order valence-electron chi connectivity index (χ4n) is 5.08. The number of aromatic hydroxyl groups is 2. The Bertz CT molecular complexity index is 1380. The summed E-state index contributed by atoms with van der Waals surface area (Å²) in [7, 11) is 0. The van der Waals surface area contributed by atoms with Crippen LogP contribution in [0.15, 0.2) is 42.2 Å². The highest BCUT2D eigenvalue weighted by atomic mass is 16.7. The van der Waals surface area contributed by atoms with Crippen molar-refractivity contribution in [2.24, 2.45) is 0 Å². The Labute approximate surface area is 255 Å². The van der Waals surface area contributed by atoms with Gasteiger partial charge in [-0.1, -0.05) is 12.1 Å². The molecular formula is C29H34O16. The largest absolute Gasteiger partial charge is 0.508 e. The number of hydrogen-bond acceptors (Lipinski definition) is 16. The Morgan fingerprint density at radius 3 is 2.00 bits per heavy atom. The van der Waals surface area contributed by atoms with Crippen LogP contribution in [0.25, 0.3) is 6.08 Å². The van der Waals surface area contributed by atoms with Crippen LogP contribution < -0.4 is 9.47 Å². The quantitative estimate of drug-likeness (QED) is 0.144. The van der Waals surface area contributed by atoms with Crippen LogP contribution in [0, 0.1) is 0 Å². The van der Waals surface area contributed by atoms with Crippen LogP contribution in [-0.4, -0.2) is 127 Å². The van der Waals surface area contributed by atoms with Crippen LogP contribution >= 0.6 is 0 Å². The molecule has 11 atom stereocenters. The first-order chi connectivity index (χ1) is 21.4. The average Bonchev–Trinajstić information content (AvgIpc) is 3.01. The molecule has 3 aliphatic rings. The topological polar surface area (TPSA) is 255 Å². The molecule has 2 fully saturated rings. The molecule has 2 saturated heterocycles. The summed E-state index contributed by atoms with van der Waals surface area (Å²) in [6, 6.07) is 8.17. The Balaban J connectivity index is 1.50. The van der Waals surface area contributed by atoms with Crippen molar-refractivity contribution < 1.29 is 79.2 Å². The molecule has 0 saturated carbocycles. The van der Waals surface area contributed by atoms with Gasteiger partial charge in [0.05, 0.1) is 12.2 Å². The van der Waals surface area contributed by atoms with Crippen molar-refractivity contribution in [1.82, 2.24) is 0 Å². The van der Waals surface area contributed by atoms with Crippen LogP contribution in [0.3, 0.4) is 0 Å². The number of rotatable bonds is 8. The van der Waals surface area contributed by atoms with Crippen molar-refractivity contribution in [1.29, 1.82) is 0 Å². The summed E-state index contributed by atoms with van der Waals surface area (Å²) >= 11 is 0. The molecule has 0 bridgehead atoms. The molecule has 9 N–H and O–H groups in total. The number of fused-ring (bicyclic) bond motifs is 1. The van der Waals surface area contributed by atoms with Crippen molar-refractivity contribution in [2.45, 2.75) is 74.4 Å². The van der Waals surface area contributed by atoms with E-state index in [1.54, 1.807) is 0 Å². The maximum Gasteiger partial charge on any atom is 0.302 e. The lowest BCUT2D eigenvalue weighted by Gasteiger charge is -2.41. The SMILES string of the molecule is CC(=O)OCC1OC(Oc2cc(O)cc3c2C=C(OC2OC(CO)C(O)C(O)C2O)C(c2ccc(O)cc2)O3)C(O)C(O)C1O. The number of aliphatic hydroxyl groups excluding tert-OH is 7. The van der Waals surface area contributed by atoms with Gasteiger partial charge in [0.15, 0.2) is 6.10 Å². The normalized spacial score (nSPS) is 34.6. The van der Waals surface area contributed by atoms with E-state index >= 15 is 0 Å². The summed E-state index contributed by atoms with van der Waals surface area (Å²) in [4.78, 5) is 11.3. The fraction of sp³-hybridized carbons (Fsp3) is 0.483. The van der Waals surface area contributed by atoms with Gasteiger partial charge < -0.3 is 74.4 Å². The Morgan fingerprint density at radius 1 is 0.778 bits per heavy atom. The van der Waals surface area contributed by atoms with Gasteiger partial charge in [-0.05, 0) is 18.2 Å². The number of carbonyl (C=O) groups is 1. The molecule has 0 aromatic heterocycles. The van der Waals surface area contributed by atoms with Gasteiger partial charge in [0, 0.05) is 24.6 Å². The third-order valence-electron chi connectivity index (χ3n) is 7.54. The number of phenols is 2. The molecule has 3 aliphatic heterocycles. The molecule has 246 valence electrons. The van der Waals surface area contributed by atoms with Crippen molar-refractivity contribution >= 4 is 12.0 Å². The Morgan fingerprint density at radius 2 is 1.38 bits per heavy atom. The van der Waals surface area contributed by atoms with Gasteiger partial charge in [-0.15, -0.1) is 0 Å². The molecule has 2 aromatic carbocycles. The van der Waals surface area contributed by atoms with E-state index in [1.165, 1.54) is 36.4 Å². The Hall–Kier alpha value is -3.71. The standard InChI is InChI=1S/C29H34O16/c1-11(31)40-10-20-22(35)24(37)26(39)28(45-20)42-17-7-14(33)6-16-15(17)8-18(27(41-16)12-2-4-13(32)5-3-12)43-29-25(38)23(36)21(34)19(9-30)44-29/h2-8,19-30,32-39H,9-10H2,1H3. The minimum Gasteiger partial charge on any atom is -0.508 e. The van der Waals surface area contributed by atoms with Gasteiger partial charge in [0.2, 0.25) is 12.6 Å². The van der Waals surface area contributed by atoms with E-state index in [2.05, 4.69) is 0 Å². The molecule has 16 nitrogen and oxygen atoms in total. The van der Waals surface area contributed by atoms with E-state index in [0.29, 0.717) is 5.56 Å². The van der Waals surface area contributed by atoms with Crippen LogP contribution in [0.5, 0.6) is 23.0 Å². The summed E-state index contributed by atoms with van der Waals surface area (Å²) in [5.41, 5.74) is 0.534. The molecule has 11 unspecified atom stereocenters. The van der Waals surface area contributed by atoms with Crippen molar-refractivity contribution in [2.75, 3.05) is 13.2 Å². The van der Waals surface area contributed by atoms with Crippen molar-refractivity contribution in [3.63, 3.8) is 0 Å². The number of hydrogen-bond donors (Lipinski definition) is 9. The van der Waals surface area contributed by atoms with Gasteiger partial charge in [-0.25, -0.2) is 0 Å². The average molecular weight is 639 g/mol. The number of benzene rings is 2. The lowest BCUT2D eigenvalue weighted by Crippen LogP contribution is -2.60. The summed E-state index contributed by atoms with van der Waals surface area (Å²) in [6.45, 7) is -0.0354. The second-order valence-electron chi connectivity index (χ2n) is 10.7. The summed E-state index contributed by atoms with van der Waals surface area (Å²) < 4.78 is 33.9. The summed E-state index contributed by atoms with van der Waals surface area (Å²) in [5, 5.41) is 92.3. The molecule has 0 aliphatic carbocycles. The molecule has 0 amide bonds. The van der Waals surface area contributed by atoms with Crippen LogP contribution in [-0.2, 0) is 23.7 Å². The Kier molecular flexibility index (Phi) is 9.68. The van der Waals surface area contributed by atoms with Gasteiger partial charge in [0.25, 0.3) is 0 Å². The third-order valence-corrected chi connectivity index (χ3v) is 7.54. The van der Waals surface area contributed by atoms with E-state index < -0.39 is 86.7 Å². The van der Waals surface area contributed by atoms with E-state index in [1.807, 2.05) is 0 Å². The number of esters is 1. The zero-order valence-electron chi connectivity index (χ0n) is 23.7. The van der Waals surface area contributed by atoms with E-state index in [0.717, 1.165) is 13.0 Å². The number of ether oxygens (including phenoxy) is 6. The highest BCUT2D eigenvalue weighted by Gasteiger charge is 2.47. The summed E-state index contributed by atoms with van der Waals surface area (Å²) in [5.74, 6) is -1.25. The van der Waals surface area contributed by atoms with Gasteiger partial charge in [-0.2, -0.15) is 0 Å². The lowest BCUT2D eigenvalue weighted by molar-refractivity contribution is -0.293. The van der Waals surface area contributed by atoms with Crippen LogP contribution in [0.1, 0.15) is 24.2 Å². The van der Waals surface area contributed by atoms with Crippen LogP contribution in [0.4, 0.5) is 0 Å². The highest BCUT2D eigenvalue weighted by molar-refractivity contribution is 5.70. The van der Waals surface area contributed by atoms with Crippen LogP contribution in [0.2, 0.25) is 0 Å². The maximum atomic E-state index is 11.3. The lowest BCUT2D eigenvalue weighted by atomic mass is 9.98. The molecular weight excluding hydrogens is 604 g/mol. The second-order valence-corrected chi connectivity index (χ2v) is 10.7. The first-order valence-corrected chi connectivity index (χ1v) is 13.9. The monoisotopic (exact) mass is 638 g/mol. The zero-order valence-corrected chi connectivity index (χ0v) is 23.7. The molecule has 2 aromatic rings. The van der Waals surface area contributed by atoms with E-state index in [4.69, 9.17) is 28.4 Å². The highest BCUT2D eigenvalue weighted by Crippen LogP contribution is 2.45. The predicted octanol–water partition coefficient (Wildman–Crippen LogP) is -1.86. The number of carbonyl (C=O) groups excluding carboxylic acids is 1. The van der Waals surface area contributed by atoms with Crippen molar-refractivity contribution in [3.05, 3.63) is 53.3 Å². The minimum absolute atomic E-state index is 0.0339. The molecule has 5 rings (SSSR count). The maximum absolute atomic E-state index is 11.3. The fourth-order valence-corrected chi connectivity index (χ4v) is 5.08. The summed E-state index contributed by atoms with van der Waals surface area (Å²) in [6.07, 6.45) is -15.9. The molecule has 45 heavy (non-hydrogen) atoms. The number of phenolic OH excluding ortho intramolecular Hbond substituents is 2. The molecule has 0 radical (unpaired) electrons. The first-order valence-electron chi connectivity index (χ1n) is 13.9. The van der Waals surface area contributed by atoms with Gasteiger partial charge in [-0.3, -0.25) is 4.79 Å². The molecule has 16 heteroatoms. The van der Waals surface area contributed by atoms with Gasteiger partial charge >= 0.3 is 5.97 Å². The zero-order chi connectivity index (χ0) is 32.6. The molecule has 3 heterocycles. The van der Waals surface area contributed by atoms with Gasteiger partial charge in [0.1, 0.15) is 84.2 Å². The minimum atomic E-state index is -1.80. The second kappa shape index (κ2) is 13.3. The van der Waals surface area contributed by atoms with E-state index in [-0.39, 0.29) is 34.3 Å². The smallest absolute Gasteiger partial charge is 0.302 e. The van der Waals surface area contributed by atoms with Crippen molar-refractivity contribution in [3.8, 4) is 23.0 Å². The van der Waals surface area contributed by atoms with E-state index in [9.17, 15) is 50.8 Å². The predicted molar refractivity (Wildman–Crippen MR) is 146 cm³/mol. The number of aliphatic hydroxyl groups is 7. The third kappa shape index (κ3) is 6.79. The first kappa shape index (κ1) is 32.7. The molecule has 0 spiro atoms.